The Morgan fingerprint density at radius 3 is 2.71 bits per heavy atom. The zero-order valence-corrected chi connectivity index (χ0v) is 14.4. The summed E-state index contributed by atoms with van der Waals surface area (Å²) in [5.41, 5.74) is 1.56. The number of alkyl carbamates (subject to hydrolysis) is 1. The molecule has 2 aromatic rings. The molecule has 0 bridgehead atoms. The van der Waals surface area contributed by atoms with Gasteiger partial charge >= 0.3 is 6.09 Å². The van der Waals surface area contributed by atoms with Gasteiger partial charge in [0, 0.05) is 24.7 Å². The molecule has 7 heteroatoms. The van der Waals surface area contributed by atoms with Crippen LogP contribution in [0, 0.1) is 0 Å². The van der Waals surface area contributed by atoms with Crippen LogP contribution in [-0.2, 0) is 4.74 Å². The first-order chi connectivity index (χ1) is 11.3. The van der Waals surface area contributed by atoms with Gasteiger partial charge in [0.2, 0.25) is 5.88 Å². The van der Waals surface area contributed by atoms with Crippen LogP contribution in [0.5, 0.6) is 5.88 Å². The minimum atomic E-state index is -0.572. The molecule has 0 aliphatic carbocycles. The van der Waals surface area contributed by atoms with Gasteiger partial charge in [-0.1, -0.05) is 0 Å². The van der Waals surface area contributed by atoms with Crippen molar-refractivity contribution in [2.45, 2.75) is 32.3 Å². The predicted octanol–water partition coefficient (Wildman–Crippen LogP) is 2.24. The third-order valence-corrected chi connectivity index (χ3v) is 3.35. The summed E-state index contributed by atoms with van der Waals surface area (Å²) in [5.74, 6) is 0.135. The van der Waals surface area contributed by atoms with Crippen molar-refractivity contribution in [3.63, 3.8) is 0 Å². The van der Waals surface area contributed by atoms with E-state index in [1.54, 1.807) is 45.2 Å². The predicted molar refractivity (Wildman–Crippen MR) is 90.2 cm³/mol. The fourth-order valence-electron chi connectivity index (χ4n) is 2.26. The van der Waals surface area contributed by atoms with E-state index >= 15 is 0 Å². The fourth-order valence-corrected chi connectivity index (χ4v) is 2.26. The third-order valence-electron chi connectivity index (χ3n) is 3.35. The number of aliphatic hydroxyl groups is 1. The molecule has 2 N–H and O–H groups in total. The molecular weight excluding hydrogens is 310 g/mol. The average Bonchev–Trinajstić information content (AvgIpc) is 2.53. The molecular formula is C17H23N3O4. The first kappa shape index (κ1) is 17.9. The molecule has 0 radical (unpaired) electrons. The summed E-state index contributed by atoms with van der Waals surface area (Å²) >= 11 is 0. The summed E-state index contributed by atoms with van der Waals surface area (Å²) in [4.78, 5) is 20.5. The summed E-state index contributed by atoms with van der Waals surface area (Å²) in [7, 11) is 1.54. The first-order valence-corrected chi connectivity index (χ1v) is 7.71. The Bertz CT molecular complexity index is 713. The molecule has 24 heavy (non-hydrogen) atoms. The van der Waals surface area contributed by atoms with E-state index in [0.717, 1.165) is 5.56 Å². The van der Waals surface area contributed by atoms with Crippen LogP contribution in [0.4, 0.5) is 4.79 Å². The number of methoxy groups -OCH3 is 1. The number of pyridine rings is 2. The molecule has 2 rings (SSSR count). The number of nitrogens with one attached hydrogen (secondary N) is 1. The Morgan fingerprint density at radius 1 is 1.33 bits per heavy atom. The van der Waals surface area contributed by atoms with E-state index in [0.29, 0.717) is 16.9 Å². The zero-order valence-electron chi connectivity index (χ0n) is 14.4. The number of amides is 1. The van der Waals surface area contributed by atoms with Crippen molar-refractivity contribution in [3.05, 3.63) is 30.0 Å². The smallest absolute Gasteiger partial charge is 0.407 e. The van der Waals surface area contributed by atoms with Gasteiger partial charge in [0.15, 0.2) is 0 Å². The number of carbonyl (C=O) groups is 1. The lowest BCUT2D eigenvalue weighted by atomic mass is 9.99. The summed E-state index contributed by atoms with van der Waals surface area (Å²) < 4.78 is 10.4. The minimum absolute atomic E-state index is 0.145. The third kappa shape index (κ3) is 4.55. The van der Waals surface area contributed by atoms with Crippen LogP contribution < -0.4 is 10.1 Å². The van der Waals surface area contributed by atoms with Crippen molar-refractivity contribution < 1.29 is 19.4 Å². The van der Waals surface area contributed by atoms with Gasteiger partial charge in [-0.25, -0.2) is 9.78 Å². The largest absolute Gasteiger partial charge is 0.481 e. The Morgan fingerprint density at radius 2 is 2.08 bits per heavy atom. The number of nitrogens with zero attached hydrogens (tertiary/aromatic N) is 2. The van der Waals surface area contributed by atoms with Gasteiger partial charge in [0.1, 0.15) is 5.60 Å². The summed E-state index contributed by atoms with van der Waals surface area (Å²) in [6.07, 6.45) is 1.13. The van der Waals surface area contributed by atoms with E-state index in [-0.39, 0.29) is 19.1 Å². The molecule has 0 aliphatic heterocycles. The molecule has 0 saturated heterocycles. The highest BCUT2D eigenvalue weighted by Gasteiger charge is 2.20. The van der Waals surface area contributed by atoms with Crippen LogP contribution in [0.2, 0.25) is 0 Å². The highest BCUT2D eigenvalue weighted by atomic mass is 16.6. The van der Waals surface area contributed by atoms with E-state index in [2.05, 4.69) is 15.3 Å². The molecule has 0 aliphatic rings. The second-order valence-corrected chi connectivity index (χ2v) is 6.38. The molecule has 1 atom stereocenters. The average molecular weight is 333 g/mol. The van der Waals surface area contributed by atoms with Gasteiger partial charge in [0.05, 0.1) is 24.8 Å². The molecule has 0 fully saturated rings. The number of fused-ring (bicyclic) bond motifs is 1. The quantitative estimate of drug-likeness (QED) is 0.871. The maximum absolute atomic E-state index is 11.8. The summed E-state index contributed by atoms with van der Waals surface area (Å²) in [5, 5.41) is 12.4. The van der Waals surface area contributed by atoms with Crippen molar-refractivity contribution in [1.29, 1.82) is 0 Å². The first-order valence-electron chi connectivity index (χ1n) is 7.71. The number of hydrogen-bond acceptors (Lipinski definition) is 6. The lowest BCUT2D eigenvalue weighted by molar-refractivity contribution is 0.0521. The van der Waals surface area contributed by atoms with Crippen LogP contribution in [0.1, 0.15) is 32.3 Å². The van der Waals surface area contributed by atoms with Crippen molar-refractivity contribution in [3.8, 4) is 5.88 Å². The maximum Gasteiger partial charge on any atom is 0.407 e. The van der Waals surface area contributed by atoms with Gasteiger partial charge in [0.25, 0.3) is 0 Å². The van der Waals surface area contributed by atoms with E-state index in [4.69, 9.17) is 9.47 Å². The highest BCUT2D eigenvalue weighted by Crippen LogP contribution is 2.24. The van der Waals surface area contributed by atoms with E-state index in [1.807, 2.05) is 0 Å². The van der Waals surface area contributed by atoms with Crippen molar-refractivity contribution in [2.24, 2.45) is 0 Å². The molecule has 130 valence electrons. The number of aromatic nitrogens is 2. The minimum Gasteiger partial charge on any atom is -0.481 e. The molecule has 7 nitrogen and oxygen atoms in total. The van der Waals surface area contributed by atoms with E-state index < -0.39 is 11.7 Å². The molecule has 1 unspecified atom stereocenters. The molecule has 1 amide bonds. The second kappa shape index (κ2) is 7.44. The van der Waals surface area contributed by atoms with Crippen molar-refractivity contribution >= 4 is 17.1 Å². The van der Waals surface area contributed by atoms with Gasteiger partial charge in [-0.05, 0) is 38.5 Å². The number of hydrogen-bond donors (Lipinski definition) is 2. The lowest BCUT2D eigenvalue weighted by Gasteiger charge is -2.21. The van der Waals surface area contributed by atoms with Crippen LogP contribution >= 0.6 is 0 Å². The van der Waals surface area contributed by atoms with E-state index in [9.17, 15) is 9.90 Å². The number of carbonyl (C=O) groups excluding carboxylic acids is 1. The number of ether oxygens (including phenoxy) is 2. The maximum atomic E-state index is 11.8. The second-order valence-electron chi connectivity index (χ2n) is 6.38. The van der Waals surface area contributed by atoms with Gasteiger partial charge < -0.3 is 19.9 Å². The SMILES string of the molecule is COc1ccc2nccc(C(CO)CNC(=O)OC(C)(C)C)c2n1. The lowest BCUT2D eigenvalue weighted by Crippen LogP contribution is -2.35. The zero-order chi connectivity index (χ0) is 17.7. The van der Waals surface area contributed by atoms with Crippen LogP contribution in [-0.4, -0.2) is 47.0 Å². The molecule has 0 saturated carbocycles. The molecule has 2 heterocycles. The van der Waals surface area contributed by atoms with Gasteiger partial charge in [-0.15, -0.1) is 0 Å². The molecule has 0 spiro atoms. The monoisotopic (exact) mass is 333 g/mol. The highest BCUT2D eigenvalue weighted by molar-refractivity contribution is 5.79. The Hall–Kier alpha value is -2.41. The topological polar surface area (TPSA) is 93.6 Å². The number of aliphatic hydroxyl groups excluding tert-OH is 1. The van der Waals surface area contributed by atoms with Gasteiger partial charge in [-0.3, -0.25) is 4.98 Å². The Balaban J connectivity index is 2.21. The summed E-state index contributed by atoms with van der Waals surface area (Å²) in [6, 6.07) is 5.32. The van der Waals surface area contributed by atoms with Gasteiger partial charge in [-0.2, -0.15) is 0 Å². The Kier molecular flexibility index (Phi) is 5.56. The van der Waals surface area contributed by atoms with E-state index in [1.165, 1.54) is 7.11 Å². The molecule has 0 aromatic carbocycles. The standard InChI is InChI=1S/C17H23N3O4/c1-17(2,3)24-16(22)19-9-11(10-21)12-7-8-18-13-5-6-14(23-4)20-15(12)13/h5-8,11,21H,9-10H2,1-4H3,(H,19,22). The number of rotatable bonds is 5. The van der Waals surface area contributed by atoms with Crippen molar-refractivity contribution in [1.82, 2.24) is 15.3 Å². The summed E-state index contributed by atoms with van der Waals surface area (Å²) in [6.45, 7) is 5.46. The van der Waals surface area contributed by atoms with Crippen LogP contribution in [0.3, 0.4) is 0 Å². The fraction of sp³-hybridized carbons (Fsp3) is 0.471. The Labute approximate surface area is 141 Å². The van der Waals surface area contributed by atoms with Crippen LogP contribution in [0.15, 0.2) is 24.4 Å². The van der Waals surface area contributed by atoms with Crippen molar-refractivity contribution in [2.75, 3.05) is 20.3 Å². The normalized spacial score (nSPS) is 12.7. The van der Waals surface area contributed by atoms with Crippen LogP contribution in [0.25, 0.3) is 11.0 Å². The molecule has 2 aromatic heterocycles.